The van der Waals surface area contributed by atoms with Crippen LogP contribution in [-0.4, -0.2) is 25.7 Å². The molecule has 2 aromatic heterocycles. The average molecular weight is 275 g/mol. The molecule has 1 unspecified atom stereocenters. The summed E-state index contributed by atoms with van der Waals surface area (Å²) in [5.41, 5.74) is 0.0537. The highest BCUT2D eigenvalue weighted by Crippen LogP contribution is 2.19. The van der Waals surface area contributed by atoms with Gasteiger partial charge in [-0.05, 0) is 25.5 Å². The molecule has 1 aliphatic heterocycles. The zero-order chi connectivity index (χ0) is 14.1. The summed E-state index contributed by atoms with van der Waals surface area (Å²) >= 11 is 0. The molecular weight excluding hydrogens is 261 g/mol. The van der Waals surface area contributed by atoms with E-state index in [4.69, 9.17) is 0 Å². The topological polar surface area (TPSA) is 72.7 Å². The maximum Gasteiger partial charge on any atom is 0.270 e. The number of aromatic nitrogens is 4. The third-order valence-electron chi connectivity index (χ3n) is 3.32. The number of rotatable bonds is 3. The maximum absolute atomic E-state index is 13.0. The maximum atomic E-state index is 13.0. The van der Waals surface area contributed by atoms with Crippen LogP contribution in [-0.2, 0) is 13.0 Å². The molecule has 6 nitrogen and oxygen atoms in total. The molecule has 3 rings (SSSR count). The van der Waals surface area contributed by atoms with Crippen LogP contribution in [0.4, 0.5) is 4.39 Å². The Labute approximate surface area is 115 Å². The van der Waals surface area contributed by atoms with Crippen molar-refractivity contribution in [1.29, 1.82) is 0 Å². The molecule has 3 heterocycles. The number of aryl methyl sites for hydroxylation is 1. The molecule has 7 heteroatoms. The fourth-order valence-corrected chi connectivity index (χ4v) is 2.36. The lowest BCUT2D eigenvalue weighted by Gasteiger charge is -2.13. The minimum absolute atomic E-state index is 0.0537. The zero-order valence-electron chi connectivity index (χ0n) is 11.0. The van der Waals surface area contributed by atoms with Crippen molar-refractivity contribution in [2.24, 2.45) is 0 Å². The van der Waals surface area contributed by atoms with Crippen LogP contribution < -0.4 is 5.32 Å². The van der Waals surface area contributed by atoms with Gasteiger partial charge < -0.3 is 9.88 Å². The highest BCUT2D eigenvalue weighted by Gasteiger charge is 2.23. The molecule has 0 aromatic carbocycles. The molecule has 1 N–H and O–H groups in total. The monoisotopic (exact) mass is 275 g/mol. The van der Waals surface area contributed by atoms with E-state index in [1.54, 1.807) is 0 Å². The van der Waals surface area contributed by atoms with Crippen LogP contribution in [0.5, 0.6) is 0 Å². The molecule has 2 aromatic rings. The van der Waals surface area contributed by atoms with Crippen LogP contribution in [0.2, 0.25) is 0 Å². The molecule has 0 radical (unpaired) electrons. The van der Waals surface area contributed by atoms with E-state index in [9.17, 15) is 9.18 Å². The van der Waals surface area contributed by atoms with Crippen LogP contribution in [0.25, 0.3) is 0 Å². The summed E-state index contributed by atoms with van der Waals surface area (Å²) < 4.78 is 15.0. The van der Waals surface area contributed by atoms with Gasteiger partial charge in [-0.15, -0.1) is 10.2 Å². The number of amides is 1. The van der Waals surface area contributed by atoms with Crippen molar-refractivity contribution >= 4 is 5.91 Å². The van der Waals surface area contributed by atoms with Gasteiger partial charge >= 0.3 is 0 Å². The van der Waals surface area contributed by atoms with Gasteiger partial charge in [-0.2, -0.15) is 4.39 Å². The first-order chi connectivity index (χ1) is 9.65. The Morgan fingerprint density at radius 3 is 3.10 bits per heavy atom. The summed E-state index contributed by atoms with van der Waals surface area (Å²) in [6.07, 6.45) is 1.96. The van der Waals surface area contributed by atoms with Crippen molar-refractivity contribution < 1.29 is 9.18 Å². The first kappa shape index (κ1) is 12.7. The molecular formula is C13H14FN5O. The van der Waals surface area contributed by atoms with Gasteiger partial charge in [0.15, 0.2) is 5.82 Å². The van der Waals surface area contributed by atoms with Crippen LogP contribution in [0.15, 0.2) is 18.2 Å². The van der Waals surface area contributed by atoms with E-state index in [1.165, 1.54) is 18.2 Å². The van der Waals surface area contributed by atoms with E-state index >= 15 is 0 Å². The van der Waals surface area contributed by atoms with E-state index in [0.29, 0.717) is 0 Å². The standard InChI is InChI=1S/C13H14FN5O/c1-8(12-18-17-11-6-3-7-19(11)12)15-13(20)9-4-2-5-10(14)16-9/h2,4-5,8H,3,6-7H2,1H3,(H,15,20). The van der Waals surface area contributed by atoms with Crippen LogP contribution in [0.1, 0.15) is 41.5 Å². The summed E-state index contributed by atoms with van der Waals surface area (Å²) in [4.78, 5) is 15.6. The smallest absolute Gasteiger partial charge is 0.270 e. The van der Waals surface area contributed by atoms with Gasteiger partial charge in [0.25, 0.3) is 5.91 Å². The Morgan fingerprint density at radius 1 is 1.45 bits per heavy atom. The van der Waals surface area contributed by atoms with Gasteiger partial charge in [0.2, 0.25) is 5.95 Å². The van der Waals surface area contributed by atoms with Gasteiger partial charge in [0, 0.05) is 13.0 Å². The van der Waals surface area contributed by atoms with Crippen molar-refractivity contribution in [2.75, 3.05) is 0 Å². The minimum atomic E-state index is -0.673. The summed E-state index contributed by atoms with van der Waals surface area (Å²) in [6.45, 7) is 2.70. The third kappa shape index (κ3) is 2.26. The van der Waals surface area contributed by atoms with Gasteiger partial charge in [-0.3, -0.25) is 4.79 Å². The van der Waals surface area contributed by atoms with Gasteiger partial charge in [0.1, 0.15) is 11.5 Å². The predicted octanol–water partition coefficient (Wildman–Crippen LogP) is 1.25. The second-order valence-electron chi connectivity index (χ2n) is 4.77. The zero-order valence-corrected chi connectivity index (χ0v) is 11.0. The Balaban J connectivity index is 1.75. The molecule has 1 amide bonds. The molecule has 1 aliphatic rings. The quantitative estimate of drug-likeness (QED) is 0.856. The Bertz CT molecular complexity index is 654. The number of carbonyl (C=O) groups is 1. The van der Waals surface area contributed by atoms with E-state index in [-0.39, 0.29) is 11.7 Å². The molecule has 0 saturated carbocycles. The number of pyridine rings is 1. The SMILES string of the molecule is CC(NC(=O)c1cccc(F)n1)c1nnc2n1CCC2. The lowest BCUT2D eigenvalue weighted by Crippen LogP contribution is -2.29. The van der Waals surface area contributed by atoms with Crippen LogP contribution in [0, 0.1) is 5.95 Å². The Kier molecular flexibility index (Phi) is 3.17. The molecule has 104 valence electrons. The largest absolute Gasteiger partial charge is 0.341 e. The molecule has 0 saturated heterocycles. The average Bonchev–Trinajstić information content (AvgIpc) is 3.00. The minimum Gasteiger partial charge on any atom is -0.341 e. The molecule has 1 atom stereocenters. The summed E-state index contributed by atoms with van der Waals surface area (Å²) in [5, 5.41) is 11.0. The summed E-state index contributed by atoms with van der Waals surface area (Å²) in [5.74, 6) is 0.577. The fourth-order valence-electron chi connectivity index (χ4n) is 2.36. The van der Waals surface area contributed by atoms with Crippen LogP contribution >= 0.6 is 0 Å². The van der Waals surface area contributed by atoms with Crippen LogP contribution in [0.3, 0.4) is 0 Å². The molecule has 0 spiro atoms. The molecule has 20 heavy (non-hydrogen) atoms. The first-order valence-corrected chi connectivity index (χ1v) is 6.50. The number of hydrogen-bond donors (Lipinski definition) is 1. The predicted molar refractivity (Wildman–Crippen MR) is 68.4 cm³/mol. The number of nitrogens with one attached hydrogen (secondary N) is 1. The van der Waals surface area contributed by atoms with Crippen molar-refractivity contribution in [3.05, 3.63) is 41.5 Å². The van der Waals surface area contributed by atoms with E-state index < -0.39 is 11.9 Å². The molecule has 0 aliphatic carbocycles. The van der Waals surface area contributed by atoms with Crippen molar-refractivity contribution in [3.63, 3.8) is 0 Å². The lowest BCUT2D eigenvalue weighted by atomic mass is 10.2. The molecule has 0 fully saturated rings. The van der Waals surface area contributed by atoms with E-state index in [1.807, 2.05) is 11.5 Å². The number of fused-ring (bicyclic) bond motifs is 1. The fraction of sp³-hybridized carbons (Fsp3) is 0.385. The third-order valence-corrected chi connectivity index (χ3v) is 3.32. The van der Waals surface area contributed by atoms with Gasteiger partial charge in [0.05, 0.1) is 6.04 Å². The Morgan fingerprint density at radius 2 is 2.30 bits per heavy atom. The first-order valence-electron chi connectivity index (χ1n) is 6.50. The van der Waals surface area contributed by atoms with E-state index in [0.717, 1.165) is 31.0 Å². The molecule has 0 bridgehead atoms. The van der Waals surface area contributed by atoms with Gasteiger partial charge in [-0.25, -0.2) is 4.98 Å². The Hall–Kier alpha value is -2.31. The number of hydrogen-bond acceptors (Lipinski definition) is 4. The summed E-state index contributed by atoms with van der Waals surface area (Å²) in [6, 6.07) is 3.83. The van der Waals surface area contributed by atoms with Crippen molar-refractivity contribution in [3.8, 4) is 0 Å². The highest BCUT2D eigenvalue weighted by atomic mass is 19.1. The normalized spacial score (nSPS) is 14.9. The number of halogens is 1. The van der Waals surface area contributed by atoms with Crippen molar-refractivity contribution in [1.82, 2.24) is 25.1 Å². The summed E-state index contributed by atoms with van der Waals surface area (Å²) in [7, 11) is 0. The highest BCUT2D eigenvalue weighted by molar-refractivity contribution is 5.92. The van der Waals surface area contributed by atoms with Crippen molar-refractivity contribution in [2.45, 2.75) is 32.4 Å². The second-order valence-corrected chi connectivity index (χ2v) is 4.77. The lowest BCUT2D eigenvalue weighted by molar-refractivity contribution is 0.0931. The van der Waals surface area contributed by atoms with Gasteiger partial charge in [-0.1, -0.05) is 6.07 Å². The number of nitrogens with zero attached hydrogens (tertiary/aromatic N) is 4. The van der Waals surface area contributed by atoms with E-state index in [2.05, 4.69) is 20.5 Å². The second kappa shape index (κ2) is 4.99. The number of carbonyl (C=O) groups excluding carboxylic acids is 1.